The quantitative estimate of drug-likeness (QED) is 0.427. The van der Waals surface area contributed by atoms with Gasteiger partial charge in [-0.1, -0.05) is 24.2 Å². The smallest absolute Gasteiger partial charge is 0.219 e. The van der Waals surface area contributed by atoms with Gasteiger partial charge in [-0.25, -0.2) is 15.0 Å². The highest BCUT2D eigenvalue weighted by Gasteiger charge is 2.23. The van der Waals surface area contributed by atoms with Crippen LogP contribution in [0.25, 0.3) is 21.5 Å². The first-order valence-corrected chi connectivity index (χ1v) is 11.0. The number of nitrogens with zero attached hydrogens (tertiary/aromatic N) is 4. The molecule has 4 N–H and O–H groups in total. The maximum atomic E-state index is 10.2. The highest BCUT2D eigenvalue weighted by Crippen LogP contribution is 2.33. The van der Waals surface area contributed by atoms with Crippen LogP contribution < -0.4 is 15.8 Å². The normalized spacial score (nSPS) is 18.7. The number of hydrogen-bond acceptors (Lipinski definition) is 9. The number of nitrogen functional groups attached to an aromatic ring is 1. The summed E-state index contributed by atoms with van der Waals surface area (Å²) in [5.74, 6) is 1.60. The summed E-state index contributed by atoms with van der Waals surface area (Å²) in [6, 6.07) is 9.52. The lowest BCUT2D eigenvalue weighted by Gasteiger charge is -2.27. The second-order valence-corrected chi connectivity index (χ2v) is 8.59. The van der Waals surface area contributed by atoms with Gasteiger partial charge in [0.05, 0.1) is 28.1 Å². The average molecular weight is 435 g/mol. The van der Waals surface area contributed by atoms with E-state index in [0.717, 1.165) is 46.6 Å². The molecule has 31 heavy (non-hydrogen) atoms. The molecule has 0 radical (unpaired) electrons. The lowest BCUT2D eigenvalue weighted by Crippen LogP contribution is -2.36. The Bertz CT molecular complexity index is 1200. The number of hydrogen-bond donors (Lipinski definition) is 3. The molecule has 0 amide bonds. The van der Waals surface area contributed by atoms with E-state index >= 15 is 0 Å². The van der Waals surface area contributed by atoms with Crippen molar-refractivity contribution in [3.05, 3.63) is 48.9 Å². The van der Waals surface area contributed by atoms with Crippen molar-refractivity contribution >= 4 is 32.6 Å². The molecule has 1 aromatic carbocycles. The minimum absolute atomic E-state index is 0.0672. The summed E-state index contributed by atoms with van der Waals surface area (Å²) in [5, 5.41) is 14.4. The largest absolute Gasteiger partial charge is 0.457 e. The van der Waals surface area contributed by atoms with Crippen molar-refractivity contribution < 1.29 is 9.84 Å². The predicted molar refractivity (Wildman–Crippen MR) is 121 cm³/mol. The van der Waals surface area contributed by atoms with Crippen molar-refractivity contribution in [1.82, 2.24) is 19.9 Å². The third-order valence-corrected chi connectivity index (χ3v) is 6.28. The molecule has 5 rings (SSSR count). The molecule has 0 unspecified atom stereocenters. The molecular weight excluding hydrogens is 412 g/mol. The highest BCUT2D eigenvalue weighted by atomic mass is 32.1. The van der Waals surface area contributed by atoms with E-state index in [0.29, 0.717) is 17.2 Å². The molecule has 1 saturated carbocycles. The van der Waals surface area contributed by atoms with E-state index in [9.17, 15) is 5.11 Å². The molecule has 0 spiro atoms. The number of ether oxygens (including phenoxy) is 1. The zero-order valence-corrected chi connectivity index (χ0v) is 17.5. The fourth-order valence-electron chi connectivity index (χ4n) is 3.71. The van der Waals surface area contributed by atoms with Crippen LogP contribution in [0.2, 0.25) is 0 Å². The first-order chi connectivity index (χ1) is 15.1. The molecule has 0 bridgehead atoms. The van der Waals surface area contributed by atoms with Gasteiger partial charge < -0.3 is 20.9 Å². The van der Waals surface area contributed by atoms with Gasteiger partial charge in [0.25, 0.3) is 0 Å². The lowest BCUT2D eigenvalue weighted by molar-refractivity contribution is 0.116. The number of nitrogens with two attached hydrogens (primary N) is 1. The second kappa shape index (κ2) is 8.44. The Kier molecular flexibility index (Phi) is 5.35. The summed E-state index contributed by atoms with van der Waals surface area (Å²) < 4.78 is 7.08. The van der Waals surface area contributed by atoms with Crippen LogP contribution >= 0.6 is 11.3 Å². The van der Waals surface area contributed by atoms with Gasteiger partial charge in [-0.3, -0.25) is 4.98 Å². The molecule has 4 aromatic rings. The minimum atomic E-state index is -0.313. The lowest BCUT2D eigenvalue weighted by atomic mass is 9.93. The molecule has 9 heteroatoms. The summed E-state index contributed by atoms with van der Waals surface area (Å²) in [6.07, 6.45) is 8.67. The Labute approximate surface area is 183 Å². The van der Waals surface area contributed by atoms with Crippen LogP contribution in [-0.4, -0.2) is 37.2 Å². The Morgan fingerprint density at radius 2 is 1.84 bits per heavy atom. The van der Waals surface area contributed by atoms with Crippen LogP contribution in [0.5, 0.6) is 11.5 Å². The first kappa shape index (κ1) is 19.7. The number of nitrogens with one attached hydrogen (secondary N) is 1. The number of benzene rings is 1. The number of rotatable bonds is 5. The first-order valence-electron chi connectivity index (χ1n) is 10.2. The van der Waals surface area contributed by atoms with Gasteiger partial charge in [-0.2, -0.15) is 0 Å². The van der Waals surface area contributed by atoms with Crippen LogP contribution in [0.1, 0.15) is 25.7 Å². The van der Waals surface area contributed by atoms with Crippen LogP contribution in [0.4, 0.5) is 11.1 Å². The van der Waals surface area contributed by atoms with Crippen molar-refractivity contribution in [2.24, 2.45) is 0 Å². The molecule has 1 aliphatic rings. The number of fused-ring (bicyclic) bond motifs is 1. The molecule has 8 nitrogen and oxygen atoms in total. The van der Waals surface area contributed by atoms with Gasteiger partial charge in [0.1, 0.15) is 11.5 Å². The third kappa shape index (κ3) is 4.42. The molecule has 0 saturated heterocycles. The predicted octanol–water partition coefficient (Wildman–Crippen LogP) is 4.24. The van der Waals surface area contributed by atoms with Gasteiger partial charge >= 0.3 is 0 Å². The molecular formula is C22H22N6O2S. The average Bonchev–Trinajstić information content (AvgIpc) is 3.18. The Morgan fingerprint density at radius 1 is 1.03 bits per heavy atom. The SMILES string of the molecule is Nc1ncc(-c2cc(Oc3ccc4nc(N[C@@H]5CCCC[C@H]5O)sc4c3)ccn2)cn1. The number of anilines is 2. The molecule has 1 aliphatic carbocycles. The molecule has 3 heterocycles. The summed E-state index contributed by atoms with van der Waals surface area (Å²) in [5.41, 5.74) is 7.92. The molecule has 0 aliphatic heterocycles. The van der Waals surface area contributed by atoms with Crippen LogP contribution in [0.3, 0.4) is 0 Å². The number of aliphatic hydroxyl groups excluding tert-OH is 1. The van der Waals surface area contributed by atoms with Gasteiger partial charge in [0, 0.05) is 36.3 Å². The van der Waals surface area contributed by atoms with E-state index in [-0.39, 0.29) is 18.1 Å². The Morgan fingerprint density at radius 3 is 2.68 bits per heavy atom. The van der Waals surface area contributed by atoms with Crippen molar-refractivity contribution in [3.8, 4) is 22.8 Å². The summed E-state index contributed by atoms with van der Waals surface area (Å²) in [6.45, 7) is 0. The van der Waals surface area contributed by atoms with E-state index in [1.807, 2.05) is 24.3 Å². The Balaban J connectivity index is 1.34. The highest BCUT2D eigenvalue weighted by molar-refractivity contribution is 7.22. The number of thiazole rings is 1. The molecule has 158 valence electrons. The standard InChI is InChI=1S/C22H22N6O2S/c23-21-25-11-13(12-26-21)18-9-15(7-8-24-18)30-14-5-6-17-20(10-14)31-22(28-17)27-16-3-1-2-4-19(16)29/h5-12,16,19,29H,1-4H2,(H,27,28)(H2,23,25,26)/t16-,19-/m1/s1. The van der Waals surface area contributed by atoms with E-state index < -0.39 is 0 Å². The molecule has 2 atom stereocenters. The topological polar surface area (TPSA) is 119 Å². The maximum absolute atomic E-state index is 10.2. The van der Waals surface area contributed by atoms with Crippen molar-refractivity contribution in [1.29, 1.82) is 0 Å². The van der Waals surface area contributed by atoms with E-state index in [4.69, 9.17) is 10.5 Å². The summed E-state index contributed by atoms with van der Waals surface area (Å²) in [7, 11) is 0. The van der Waals surface area contributed by atoms with Gasteiger partial charge in [0.2, 0.25) is 5.95 Å². The third-order valence-electron chi connectivity index (χ3n) is 5.33. The van der Waals surface area contributed by atoms with E-state index in [1.165, 1.54) is 0 Å². The van der Waals surface area contributed by atoms with E-state index in [2.05, 4.69) is 25.3 Å². The Hall–Kier alpha value is -3.30. The summed E-state index contributed by atoms with van der Waals surface area (Å²) >= 11 is 1.56. The fraction of sp³-hybridized carbons (Fsp3) is 0.273. The van der Waals surface area contributed by atoms with Crippen molar-refractivity contribution in [2.75, 3.05) is 11.1 Å². The number of aliphatic hydroxyl groups is 1. The summed E-state index contributed by atoms with van der Waals surface area (Å²) in [4.78, 5) is 17.0. The van der Waals surface area contributed by atoms with Crippen molar-refractivity contribution in [2.45, 2.75) is 37.8 Å². The van der Waals surface area contributed by atoms with Crippen molar-refractivity contribution in [3.63, 3.8) is 0 Å². The van der Waals surface area contributed by atoms with Crippen LogP contribution in [-0.2, 0) is 0 Å². The zero-order chi connectivity index (χ0) is 21.2. The van der Waals surface area contributed by atoms with Gasteiger partial charge in [-0.05, 0) is 31.0 Å². The maximum Gasteiger partial charge on any atom is 0.219 e. The van der Waals surface area contributed by atoms with Gasteiger partial charge in [0.15, 0.2) is 5.13 Å². The van der Waals surface area contributed by atoms with Crippen LogP contribution in [0, 0.1) is 0 Å². The zero-order valence-electron chi connectivity index (χ0n) is 16.7. The van der Waals surface area contributed by atoms with Crippen LogP contribution in [0.15, 0.2) is 48.9 Å². The number of aromatic nitrogens is 4. The van der Waals surface area contributed by atoms with Gasteiger partial charge in [-0.15, -0.1) is 0 Å². The monoisotopic (exact) mass is 434 g/mol. The molecule has 3 aromatic heterocycles. The minimum Gasteiger partial charge on any atom is -0.457 e. The second-order valence-electron chi connectivity index (χ2n) is 7.56. The molecule has 1 fully saturated rings. The van der Waals surface area contributed by atoms with E-state index in [1.54, 1.807) is 36.0 Å². The number of pyridine rings is 1. The fourth-order valence-corrected chi connectivity index (χ4v) is 4.66.